The second kappa shape index (κ2) is 7.44. The first kappa shape index (κ1) is 19.5. The lowest BCUT2D eigenvalue weighted by atomic mass is 10.0. The number of halogens is 1. The number of nitrogens with zero attached hydrogens (tertiary/aromatic N) is 4. The molecule has 0 bridgehead atoms. The largest absolute Gasteiger partial charge is 0.486 e. The Morgan fingerprint density at radius 1 is 1.03 bits per heavy atom. The van der Waals surface area contributed by atoms with Crippen LogP contribution in [0.2, 0.25) is 0 Å². The summed E-state index contributed by atoms with van der Waals surface area (Å²) in [6.07, 6.45) is 3.97. The first-order chi connectivity index (χ1) is 16.1. The number of rotatable bonds is 3. The minimum atomic E-state index is -0.300. The number of hydrogen-bond donors (Lipinski definition) is 0. The van der Waals surface area contributed by atoms with E-state index in [9.17, 15) is 9.18 Å². The number of aryl methyl sites for hydroxylation is 1. The SMILES string of the molecule is CCc1nn2c(ncc3c(=O)n(-c4ccc5c(c4)OCCO5)ccc32)c1-c1ccc(F)cc1. The molecule has 5 aromatic rings. The lowest BCUT2D eigenvalue weighted by Crippen LogP contribution is -2.20. The summed E-state index contributed by atoms with van der Waals surface area (Å²) in [6, 6.07) is 13.6. The summed E-state index contributed by atoms with van der Waals surface area (Å²) in [4.78, 5) is 18.0. The van der Waals surface area contributed by atoms with Gasteiger partial charge in [-0.05, 0) is 42.3 Å². The first-order valence-corrected chi connectivity index (χ1v) is 10.7. The van der Waals surface area contributed by atoms with Crippen LogP contribution in [0.1, 0.15) is 12.6 Å². The molecule has 7 nitrogen and oxygen atoms in total. The van der Waals surface area contributed by atoms with Gasteiger partial charge in [-0.1, -0.05) is 19.1 Å². The maximum absolute atomic E-state index is 13.5. The van der Waals surface area contributed by atoms with Crippen molar-refractivity contribution in [3.8, 4) is 28.3 Å². The van der Waals surface area contributed by atoms with Gasteiger partial charge in [0.1, 0.15) is 19.0 Å². The Morgan fingerprint density at radius 3 is 2.61 bits per heavy atom. The van der Waals surface area contributed by atoms with Gasteiger partial charge in [0.2, 0.25) is 0 Å². The molecule has 0 spiro atoms. The van der Waals surface area contributed by atoms with Crippen molar-refractivity contribution >= 4 is 16.6 Å². The van der Waals surface area contributed by atoms with E-state index in [0.29, 0.717) is 53.4 Å². The summed E-state index contributed by atoms with van der Waals surface area (Å²) in [6.45, 7) is 2.99. The second-order valence-electron chi connectivity index (χ2n) is 7.79. The molecule has 0 N–H and O–H groups in total. The molecule has 1 aliphatic heterocycles. The highest BCUT2D eigenvalue weighted by Crippen LogP contribution is 2.32. The third-order valence-corrected chi connectivity index (χ3v) is 5.86. The molecule has 33 heavy (non-hydrogen) atoms. The predicted octanol–water partition coefficient (Wildman–Crippen LogP) is 4.17. The van der Waals surface area contributed by atoms with Crippen LogP contribution in [0.3, 0.4) is 0 Å². The minimum Gasteiger partial charge on any atom is -0.486 e. The fourth-order valence-corrected chi connectivity index (χ4v) is 4.26. The van der Waals surface area contributed by atoms with Gasteiger partial charge in [0.25, 0.3) is 5.56 Å². The highest BCUT2D eigenvalue weighted by atomic mass is 19.1. The normalized spacial score (nSPS) is 13.0. The van der Waals surface area contributed by atoms with E-state index in [4.69, 9.17) is 14.6 Å². The van der Waals surface area contributed by atoms with Gasteiger partial charge in [0.05, 0.1) is 22.3 Å². The van der Waals surface area contributed by atoms with Crippen LogP contribution in [0.5, 0.6) is 11.5 Å². The maximum atomic E-state index is 13.5. The summed E-state index contributed by atoms with van der Waals surface area (Å²) in [5, 5.41) is 5.18. The molecule has 0 saturated carbocycles. The number of ether oxygens (including phenoxy) is 2. The lowest BCUT2D eigenvalue weighted by Gasteiger charge is -2.19. The summed E-state index contributed by atoms with van der Waals surface area (Å²) in [5.41, 5.74) is 4.25. The minimum absolute atomic E-state index is 0.213. The van der Waals surface area contributed by atoms with Gasteiger partial charge < -0.3 is 9.47 Å². The Kier molecular flexibility index (Phi) is 4.39. The molecule has 2 aromatic carbocycles. The Hall–Kier alpha value is -4.20. The summed E-state index contributed by atoms with van der Waals surface area (Å²) in [7, 11) is 0. The molecule has 0 atom stereocenters. The van der Waals surface area contributed by atoms with E-state index in [-0.39, 0.29) is 11.4 Å². The quantitative estimate of drug-likeness (QED) is 0.419. The molecule has 8 heteroatoms. The van der Waals surface area contributed by atoms with Crippen molar-refractivity contribution in [3.05, 3.63) is 82.8 Å². The topological polar surface area (TPSA) is 70.7 Å². The van der Waals surface area contributed by atoms with E-state index in [1.54, 1.807) is 45.7 Å². The summed E-state index contributed by atoms with van der Waals surface area (Å²) < 4.78 is 27.9. The van der Waals surface area contributed by atoms with Crippen LogP contribution in [0.15, 0.2) is 65.7 Å². The van der Waals surface area contributed by atoms with Crippen LogP contribution in [0, 0.1) is 5.82 Å². The van der Waals surface area contributed by atoms with E-state index in [1.807, 2.05) is 19.1 Å². The molecule has 4 heterocycles. The number of aromatic nitrogens is 4. The maximum Gasteiger partial charge on any atom is 0.266 e. The van der Waals surface area contributed by atoms with Crippen molar-refractivity contribution in [2.24, 2.45) is 0 Å². The molecule has 0 radical (unpaired) electrons. The van der Waals surface area contributed by atoms with Crippen molar-refractivity contribution in [3.63, 3.8) is 0 Å². The van der Waals surface area contributed by atoms with E-state index >= 15 is 0 Å². The molecule has 3 aromatic heterocycles. The van der Waals surface area contributed by atoms with Gasteiger partial charge in [0, 0.05) is 24.0 Å². The molecular weight excluding hydrogens is 423 g/mol. The van der Waals surface area contributed by atoms with Crippen molar-refractivity contribution in [2.75, 3.05) is 13.2 Å². The molecule has 6 rings (SSSR count). The molecule has 0 fully saturated rings. The van der Waals surface area contributed by atoms with Crippen molar-refractivity contribution in [2.45, 2.75) is 13.3 Å². The van der Waals surface area contributed by atoms with E-state index in [2.05, 4.69) is 4.98 Å². The van der Waals surface area contributed by atoms with Crippen molar-refractivity contribution < 1.29 is 13.9 Å². The third-order valence-electron chi connectivity index (χ3n) is 5.86. The van der Waals surface area contributed by atoms with E-state index in [1.165, 1.54) is 12.1 Å². The molecule has 0 saturated heterocycles. The monoisotopic (exact) mass is 442 g/mol. The average molecular weight is 442 g/mol. The lowest BCUT2D eigenvalue weighted by molar-refractivity contribution is 0.171. The van der Waals surface area contributed by atoms with Gasteiger partial charge >= 0.3 is 0 Å². The molecule has 0 amide bonds. The predicted molar refractivity (Wildman–Crippen MR) is 122 cm³/mol. The first-order valence-electron chi connectivity index (χ1n) is 10.7. The van der Waals surface area contributed by atoms with Gasteiger partial charge in [-0.15, -0.1) is 0 Å². The highest BCUT2D eigenvalue weighted by molar-refractivity contribution is 5.86. The molecule has 0 unspecified atom stereocenters. The van der Waals surface area contributed by atoms with Crippen molar-refractivity contribution in [1.29, 1.82) is 0 Å². The zero-order valence-corrected chi connectivity index (χ0v) is 17.8. The summed E-state index contributed by atoms with van der Waals surface area (Å²) >= 11 is 0. The van der Waals surface area contributed by atoms with Gasteiger partial charge in [-0.2, -0.15) is 5.10 Å². The third kappa shape index (κ3) is 3.06. The Morgan fingerprint density at radius 2 is 1.82 bits per heavy atom. The molecule has 0 aliphatic carbocycles. The molecule has 1 aliphatic rings. The van der Waals surface area contributed by atoms with E-state index < -0.39 is 0 Å². The Bertz CT molecular complexity index is 1590. The highest BCUT2D eigenvalue weighted by Gasteiger charge is 2.19. The average Bonchev–Trinajstić information content (AvgIpc) is 3.23. The Labute approximate surface area is 187 Å². The van der Waals surface area contributed by atoms with Crippen LogP contribution >= 0.6 is 0 Å². The van der Waals surface area contributed by atoms with Crippen LogP contribution in [-0.4, -0.2) is 32.4 Å². The molecule has 164 valence electrons. The number of fused-ring (bicyclic) bond motifs is 4. The molecular formula is C25H19FN4O3. The summed E-state index contributed by atoms with van der Waals surface area (Å²) in [5.74, 6) is 0.980. The zero-order valence-electron chi connectivity index (χ0n) is 17.8. The standard InChI is InChI=1S/C25H19FN4O3/c1-2-19-23(15-3-5-16(26)6-4-15)24-27-14-18-20(30(24)28-19)9-10-29(25(18)31)17-7-8-21-22(13-17)33-12-11-32-21/h3-10,13-14H,2,11-12H2,1H3. The zero-order chi connectivity index (χ0) is 22.5. The van der Waals surface area contributed by atoms with Crippen LogP contribution in [-0.2, 0) is 6.42 Å². The number of benzene rings is 2. The fourth-order valence-electron chi connectivity index (χ4n) is 4.26. The van der Waals surface area contributed by atoms with Gasteiger partial charge in [-0.25, -0.2) is 13.9 Å². The van der Waals surface area contributed by atoms with Crippen molar-refractivity contribution in [1.82, 2.24) is 19.2 Å². The van der Waals surface area contributed by atoms with Crippen LogP contribution in [0.25, 0.3) is 33.4 Å². The second-order valence-corrected chi connectivity index (χ2v) is 7.79. The fraction of sp³-hybridized carbons (Fsp3) is 0.160. The van der Waals surface area contributed by atoms with Crippen LogP contribution in [0.4, 0.5) is 4.39 Å². The van der Waals surface area contributed by atoms with E-state index in [0.717, 1.165) is 16.8 Å². The number of pyridine rings is 1. The number of hydrogen-bond acceptors (Lipinski definition) is 5. The smallest absolute Gasteiger partial charge is 0.266 e. The van der Waals surface area contributed by atoms with Crippen LogP contribution < -0.4 is 15.0 Å². The Balaban J connectivity index is 1.54. The van der Waals surface area contributed by atoms with Gasteiger partial charge in [-0.3, -0.25) is 9.36 Å². The van der Waals surface area contributed by atoms with Gasteiger partial charge in [0.15, 0.2) is 17.1 Å².